The standard InChI is InChI=1S/C16H13FN2O2/c1-2-19-14-7-6-12(17)9-13(14)18-15(19)10-4-3-5-11(8-10)16(20)21/h3-9H,2H2,1H3,(H,20,21). The van der Waals surface area contributed by atoms with E-state index in [1.807, 2.05) is 11.5 Å². The fourth-order valence-corrected chi connectivity index (χ4v) is 2.43. The van der Waals surface area contributed by atoms with E-state index < -0.39 is 5.97 Å². The third-order valence-corrected chi connectivity index (χ3v) is 3.39. The summed E-state index contributed by atoms with van der Waals surface area (Å²) in [6, 6.07) is 11.1. The van der Waals surface area contributed by atoms with Crippen LogP contribution in [0.2, 0.25) is 0 Å². The third kappa shape index (κ3) is 2.27. The van der Waals surface area contributed by atoms with Gasteiger partial charge in [0, 0.05) is 18.2 Å². The van der Waals surface area contributed by atoms with Crippen LogP contribution in [0.1, 0.15) is 17.3 Å². The molecule has 0 saturated carbocycles. The summed E-state index contributed by atoms with van der Waals surface area (Å²) in [6.45, 7) is 2.63. The molecule has 4 nitrogen and oxygen atoms in total. The van der Waals surface area contributed by atoms with Gasteiger partial charge in [0.1, 0.15) is 11.6 Å². The number of nitrogens with zero attached hydrogens (tertiary/aromatic N) is 2. The monoisotopic (exact) mass is 284 g/mol. The minimum absolute atomic E-state index is 0.202. The normalized spacial score (nSPS) is 11.0. The third-order valence-electron chi connectivity index (χ3n) is 3.39. The lowest BCUT2D eigenvalue weighted by atomic mass is 10.1. The number of rotatable bonds is 3. The second-order valence-electron chi connectivity index (χ2n) is 4.70. The van der Waals surface area contributed by atoms with Gasteiger partial charge in [0.15, 0.2) is 0 Å². The molecule has 0 aliphatic rings. The highest BCUT2D eigenvalue weighted by molar-refractivity contribution is 5.89. The number of hydrogen-bond donors (Lipinski definition) is 1. The Morgan fingerprint density at radius 2 is 2.10 bits per heavy atom. The van der Waals surface area contributed by atoms with Gasteiger partial charge in [-0.1, -0.05) is 12.1 Å². The molecule has 5 heteroatoms. The number of aromatic carboxylic acids is 1. The smallest absolute Gasteiger partial charge is 0.335 e. The van der Waals surface area contributed by atoms with Gasteiger partial charge in [-0.15, -0.1) is 0 Å². The van der Waals surface area contributed by atoms with Crippen molar-refractivity contribution in [3.05, 3.63) is 53.8 Å². The maximum Gasteiger partial charge on any atom is 0.335 e. The van der Waals surface area contributed by atoms with E-state index in [1.54, 1.807) is 24.3 Å². The van der Waals surface area contributed by atoms with Crippen molar-refractivity contribution in [2.75, 3.05) is 0 Å². The van der Waals surface area contributed by atoms with Crippen LogP contribution in [0.5, 0.6) is 0 Å². The molecule has 0 bridgehead atoms. The van der Waals surface area contributed by atoms with Gasteiger partial charge in [-0.25, -0.2) is 14.2 Å². The van der Waals surface area contributed by atoms with E-state index in [4.69, 9.17) is 5.11 Å². The summed E-state index contributed by atoms with van der Waals surface area (Å²) in [4.78, 5) is 15.5. The zero-order valence-corrected chi connectivity index (χ0v) is 11.4. The average Bonchev–Trinajstić information content (AvgIpc) is 2.84. The van der Waals surface area contributed by atoms with E-state index >= 15 is 0 Å². The number of carbonyl (C=O) groups is 1. The average molecular weight is 284 g/mol. The Hall–Kier alpha value is -2.69. The first-order valence-electron chi connectivity index (χ1n) is 6.59. The molecule has 3 rings (SSSR count). The van der Waals surface area contributed by atoms with Gasteiger partial charge in [-0.2, -0.15) is 0 Å². The molecule has 0 saturated heterocycles. The van der Waals surface area contributed by atoms with Crippen molar-refractivity contribution >= 4 is 17.0 Å². The van der Waals surface area contributed by atoms with Crippen LogP contribution >= 0.6 is 0 Å². The number of benzene rings is 2. The lowest BCUT2D eigenvalue weighted by Crippen LogP contribution is -2.00. The van der Waals surface area contributed by atoms with Gasteiger partial charge in [0.25, 0.3) is 0 Å². The minimum Gasteiger partial charge on any atom is -0.478 e. The zero-order chi connectivity index (χ0) is 15.0. The molecule has 3 aromatic rings. The predicted octanol–water partition coefficient (Wildman–Crippen LogP) is 3.56. The predicted molar refractivity (Wildman–Crippen MR) is 77.8 cm³/mol. The number of aryl methyl sites for hydroxylation is 1. The molecule has 2 aromatic carbocycles. The molecule has 0 unspecified atom stereocenters. The van der Waals surface area contributed by atoms with Gasteiger partial charge < -0.3 is 9.67 Å². The molecule has 0 amide bonds. The lowest BCUT2D eigenvalue weighted by Gasteiger charge is -2.06. The largest absolute Gasteiger partial charge is 0.478 e. The molecule has 0 spiro atoms. The van der Waals surface area contributed by atoms with Crippen LogP contribution in [0.4, 0.5) is 4.39 Å². The second-order valence-corrected chi connectivity index (χ2v) is 4.70. The highest BCUT2D eigenvalue weighted by Gasteiger charge is 2.13. The number of hydrogen-bond acceptors (Lipinski definition) is 2. The minimum atomic E-state index is -0.984. The maximum atomic E-state index is 13.3. The molecular formula is C16H13FN2O2. The van der Waals surface area contributed by atoms with Gasteiger partial charge in [-0.3, -0.25) is 0 Å². The van der Waals surface area contributed by atoms with Gasteiger partial charge in [-0.05, 0) is 31.2 Å². The number of halogens is 1. The first kappa shape index (κ1) is 13.3. The van der Waals surface area contributed by atoms with Crippen LogP contribution in [0, 0.1) is 5.82 Å². The molecule has 106 valence electrons. The SMILES string of the molecule is CCn1c(-c2cccc(C(=O)O)c2)nc2cc(F)ccc21. The van der Waals surface area contributed by atoms with E-state index in [-0.39, 0.29) is 11.4 Å². The highest BCUT2D eigenvalue weighted by atomic mass is 19.1. The van der Waals surface area contributed by atoms with Crippen LogP contribution in [-0.4, -0.2) is 20.6 Å². The van der Waals surface area contributed by atoms with Crippen molar-refractivity contribution in [2.24, 2.45) is 0 Å². The van der Waals surface area contributed by atoms with E-state index in [9.17, 15) is 9.18 Å². The Balaban J connectivity index is 2.24. The second kappa shape index (κ2) is 5.01. The number of carboxylic acid groups (broad SMARTS) is 1. The van der Waals surface area contributed by atoms with Crippen molar-refractivity contribution in [3.8, 4) is 11.4 Å². The summed E-state index contributed by atoms with van der Waals surface area (Å²) in [5.74, 6) is -0.683. The molecule has 0 radical (unpaired) electrons. The van der Waals surface area contributed by atoms with Crippen LogP contribution in [0.3, 0.4) is 0 Å². The summed E-state index contributed by atoms with van der Waals surface area (Å²) in [5, 5.41) is 9.08. The first-order chi connectivity index (χ1) is 10.1. The lowest BCUT2D eigenvalue weighted by molar-refractivity contribution is 0.0697. The summed E-state index contributed by atoms with van der Waals surface area (Å²) < 4.78 is 15.3. The van der Waals surface area contributed by atoms with Crippen molar-refractivity contribution in [1.82, 2.24) is 9.55 Å². The molecule has 1 heterocycles. The maximum absolute atomic E-state index is 13.3. The van der Waals surface area contributed by atoms with Crippen molar-refractivity contribution < 1.29 is 14.3 Å². The van der Waals surface area contributed by atoms with Crippen molar-refractivity contribution in [1.29, 1.82) is 0 Å². The zero-order valence-electron chi connectivity index (χ0n) is 11.4. The van der Waals surface area contributed by atoms with Crippen LogP contribution in [0.15, 0.2) is 42.5 Å². The highest BCUT2D eigenvalue weighted by Crippen LogP contribution is 2.26. The molecular weight excluding hydrogens is 271 g/mol. The number of fused-ring (bicyclic) bond motifs is 1. The molecule has 0 atom stereocenters. The summed E-state index contributed by atoms with van der Waals surface area (Å²) in [7, 11) is 0. The Morgan fingerprint density at radius 1 is 1.29 bits per heavy atom. The molecule has 21 heavy (non-hydrogen) atoms. The Labute approximate surface area is 120 Å². The van der Waals surface area contributed by atoms with E-state index in [0.717, 1.165) is 5.52 Å². The molecule has 1 aromatic heterocycles. The topological polar surface area (TPSA) is 55.1 Å². The summed E-state index contributed by atoms with van der Waals surface area (Å²) in [6.07, 6.45) is 0. The first-order valence-corrected chi connectivity index (χ1v) is 6.59. The Bertz CT molecular complexity index is 839. The fraction of sp³-hybridized carbons (Fsp3) is 0.125. The summed E-state index contributed by atoms with van der Waals surface area (Å²) in [5.41, 5.74) is 2.30. The van der Waals surface area contributed by atoms with Crippen molar-refractivity contribution in [2.45, 2.75) is 13.5 Å². The van der Waals surface area contributed by atoms with E-state index in [0.29, 0.717) is 23.4 Å². The number of imidazole rings is 1. The Kier molecular flexibility index (Phi) is 3.17. The Morgan fingerprint density at radius 3 is 2.81 bits per heavy atom. The van der Waals surface area contributed by atoms with Crippen LogP contribution in [-0.2, 0) is 6.54 Å². The van der Waals surface area contributed by atoms with Gasteiger partial charge in [0.2, 0.25) is 0 Å². The molecule has 0 aliphatic carbocycles. The number of aromatic nitrogens is 2. The summed E-state index contributed by atoms with van der Waals surface area (Å²) >= 11 is 0. The van der Waals surface area contributed by atoms with E-state index in [2.05, 4.69) is 4.98 Å². The van der Waals surface area contributed by atoms with Crippen LogP contribution in [0.25, 0.3) is 22.4 Å². The number of carboxylic acids is 1. The fourth-order valence-electron chi connectivity index (χ4n) is 2.43. The van der Waals surface area contributed by atoms with E-state index in [1.165, 1.54) is 18.2 Å². The molecule has 0 fully saturated rings. The molecule has 0 aliphatic heterocycles. The van der Waals surface area contributed by atoms with Crippen LogP contribution < -0.4 is 0 Å². The van der Waals surface area contributed by atoms with Gasteiger partial charge >= 0.3 is 5.97 Å². The van der Waals surface area contributed by atoms with Gasteiger partial charge in [0.05, 0.1) is 16.6 Å². The van der Waals surface area contributed by atoms with Crippen molar-refractivity contribution in [3.63, 3.8) is 0 Å². The quantitative estimate of drug-likeness (QED) is 0.800. The molecule has 1 N–H and O–H groups in total.